The lowest BCUT2D eigenvalue weighted by Crippen LogP contribution is -2.30. The second-order valence-corrected chi connectivity index (χ2v) is 5.42. The Morgan fingerprint density at radius 3 is 2.58 bits per heavy atom. The number of hydrogen-bond acceptors (Lipinski definition) is 2. The van der Waals surface area contributed by atoms with Crippen LogP contribution in [0.1, 0.15) is 32.3 Å². The smallest absolute Gasteiger partial charge is 0.158 e. The van der Waals surface area contributed by atoms with Crippen LogP contribution in [-0.4, -0.2) is 17.5 Å². The van der Waals surface area contributed by atoms with Crippen molar-refractivity contribution in [1.29, 1.82) is 0 Å². The van der Waals surface area contributed by atoms with E-state index in [1.807, 2.05) is 56.3 Å². The van der Waals surface area contributed by atoms with Crippen molar-refractivity contribution in [1.82, 2.24) is 0 Å². The van der Waals surface area contributed by atoms with Crippen molar-refractivity contribution < 1.29 is 9.90 Å². The van der Waals surface area contributed by atoms with Crippen molar-refractivity contribution in [3.8, 4) is 0 Å². The van der Waals surface area contributed by atoms with Gasteiger partial charge in [-0.3, -0.25) is 4.79 Å². The molecule has 0 saturated heterocycles. The molecule has 0 spiro atoms. The fourth-order valence-corrected chi connectivity index (χ4v) is 2.55. The van der Waals surface area contributed by atoms with Crippen LogP contribution in [0.3, 0.4) is 0 Å². The fourth-order valence-electron chi connectivity index (χ4n) is 2.55. The second-order valence-electron chi connectivity index (χ2n) is 5.42. The van der Waals surface area contributed by atoms with Gasteiger partial charge in [0.05, 0.1) is 6.61 Å². The first-order valence-corrected chi connectivity index (χ1v) is 6.65. The molecule has 19 heavy (non-hydrogen) atoms. The summed E-state index contributed by atoms with van der Waals surface area (Å²) in [6, 6.07) is 9.99. The fraction of sp³-hybridized carbons (Fsp3) is 0.353. The van der Waals surface area contributed by atoms with Gasteiger partial charge in [0.25, 0.3) is 0 Å². The summed E-state index contributed by atoms with van der Waals surface area (Å²) in [5.41, 5.74) is 2.55. The number of aliphatic hydroxyl groups excluding tert-OH is 1. The molecule has 0 unspecified atom stereocenters. The van der Waals surface area contributed by atoms with Gasteiger partial charge in [0.1, 0.15) is 0 Å². The minimum Gasteiger partial charge on any atom is -0.395 e. The SMILES string of the molecule is CC1=C(/C=C/c2ccccc2)[C@](C)(CO)CCC1=O. The van der Waals surface area contributed by atoms with E-state index in [0.717, 1.165) is 16.7 Å². The summed E-state index contributed by atoms with van der Waals surface area (Å²) in [5, 5.41) is 9.64. The average Bonchev–Trinajstić information content (AvgIpc) is 2.44. The Labute approximate surface area is 114 Å². The Kier molecular flexibility index (Phi) is 4.01. The molecule has 0 radical (unpaired) electrons. The molecule has 1 N–H and O–H groups in total. The summed E-state index contributed by atoms with van der Waals surface area (Å²) in [7, 11) is 0. The van der Waals surface area contributed by atoms with Gasteiger partial charge in [-0.15, -0.1) is 0 Å². The Morgan fingerprint density at radius 1 is 1.26 bits per heavy atom. The van der Waals surface area contributed by atoms with Crippen LogP contribution in [0.4, 0.5) is 0 Å². The van der Waals surface area contributed by atoms with Gasteiger partial charge >= 0.3 is 0 Å². The molecule has 2 heteroatoms. The van der Waals surface area contributed by atoms with Gasteiger partial charge in [-0.2, -0.15) is 0 Å². The summed E-state index contributed by atoms with van der Waals surface area (Å²) < 4.78 is 0. The molecule has 0 fully saturated rings. The molecule has 2 rings (SSSR count). The minimum absolute atomic E-state index is 0.0755. The maximum Gasteiger partial charge on any atom is 0.158 e. The highest BCUT2D eigenvalue weighted by atomic mass is 16.3. The third kappa shape index (κ3) is 2.85. The van der Waals surface area contributed by atoms with E-state index in [1.165, 1.54) is 0 Å². The van der Waals surface area contributed by atoms with Crippen LogP contribution in [0.25, 0.3) is 6.08 Å². The van der Waals surface area contributed by atoms with E-state index in [9.17, 15) is 9.90 Å². The van der Waals surface area contributed by atoms with Gasteiger partial charge in [-0.25, -0.2) is 0 Å². The van der Waals surface area contributed by atoms with Gasteiger partial charge < -0.3 is 5.11 Å². The highest BCUT2D eigenvalue weighted by Crippen LogP contribution is 2.39. The second kappa shape index (κ2) is 5.54. The molecule has 1 aromatic carbocycles. The van der Waals surface area contributed by atoms with Crippen LogP contribution < -0.4 is 0 Å². The van der Waals surface area contributed by atoms with Gasteiger partial charge in [-0.1, -0.05) is 49.4 Å². The van der Waals surface area contributed by atoms with Crippen LogP contribution in [0.15, 0.2) is 47.6 Å². The molecule has 100 valence electrons. The number of allylic oxidation sites excluding steroid dienone is 2. The minimum atomic E-state index is -0.302. The molecule has 0 amide bonds. The molecule has 0 bridgehead atoms. The zero-order chi connectivity index (χ0) is 13.9. The molecular weight excluding hydrogens is 236 g/mol. The van der Waals surface area contributed by atoms with Crippen molar-refractivity contribution in [2.45, 2.75) is 26.7 Å². The highest BCUT2D eigenvalue weighted by molar-refractivity contribution is 5.97. The van der Waals surface area contributed by atoms with Crippen LogP contribution >= 0.6 is 0 Å². The Bertz CT molecular complexity index is 525. The molecule has 1 aromatic rings. The van der Waals surface area contributed by atoms with Crippen molar-refractivity contribution in [2.75, 3.05) is 6.61 Å². The summed E-state index contributed by atoms with van der Waals surface area (Å²) in [6.45, 7) is 3.96. The lowest BCUT2D eigenvalue weighted by Gasteiger charge is -2.34. The topological polar surface area (TPSA) is 37.3 Å². The number of carbonyl (C=O) groups excluding carboxylic acids is 1. The number of Topliss-reactive ketones (excluding diaryl/α,β-unsaturated/α-hetero) is 1. The molecular formula is C17H20O2. The van der Waals surface area contributed by atoms with E-state index in [4.69, 9.17) is 0 Å². The number of hydrogen-bond donors (Lipinski definition) is 1. The van der Waals surface area contributed by atoms with E-state index in [0.29, 0.717) is 12.8 Å². The number of carbonyl (C=O) groups is 1. The highest BCUT2D eigenvalue weighted by Gasteiger charge is 2.34. The molecule has 1 aliphatic carbocycles. The Hall–Kier alpha value is -1.67. The van der Waals surface area contributed by atoms with Gasteiger partial charge in [0.15, 0.2) is 5.78 Å². The average molecular weight is 256 g/mol. The van der Waals surface area contributed by atoms with Crippen molar-refractivity contribution >= 4 is 11.9 Å². The maximum absolute atomic E-state index is 11.8. The molecule has 0 heterocycles. The quantitative estimate of drug-likeness (QED) is 0.900. The summed E-state index contributed by atoms with van der Waals surface area (Å²) >= 11 is 0. The van der Waals surface area contributed by atoms with E-state index >= 15 is 0 Å². The Morgan fingerprint density at radius 2 is 1.95 bits per heavy atom. The Balaban J connectivity index is 2.36. The zero-order valence-electron chi connectivity index (χ0n) is 11.5. The molecule has 1 aliphatic rings. The van der Waals surface area contributed by atoms with E-state index in [2.05, 4.69) is 0 Å². The lowest BCUT2D eigenvalue weighted by molar-refractivity contribution is -0.116. The number of rotatable bonds is 3. The molecule has 2 nitrogen and oxygen atoms in total. The van der Waals surface area contributed by atoms with Gasteiger partial charge in [-0.05, 0) is 30.1 Å². The van der Waals surface area contributed by atoms with Gasteiger partial charge in [0.2, 0.25) is 0 Å². The number of ketones is 1. The third-order valence-corrected chi connectivity index (χ3v) is 3.97. The van der Waals surface area contributed by atoms with E-state index in [1.54, 1.807) is 0 Å². The monoisotopic (exact) mass is 256 g/mol. The van der Waals surface area contributed by atoms with E-state index < -0.39 is 0 Å². The van der Waals surface area contributed by atoms with Crippen molar-refractivity contribution in [2.24, 2.45) is 5.41 Å². The molecule has 1 atom stereocenters. The zero-order valence-corrected chi connectivity index (χ0v) is 11.5. The summed E-state index contributed by atoms with van der Waals surface area (Å²) in [5.74, 6) is 0.193. The van der Waals surface area contributed by atoms with Crippen LogP contribution in [0, 0.1) is 5.41 Å². The first-order valence-electron chi connectivity index (χ1n) is 6.65. The predicted molar refractivity (Wildman–Crippen MR) is 77.6 cm³/mol. The van der Waals surface area contributed by atoms with Crippen molar-refractivity contribution in [3.63, 3.8) is 0 Å². The first kappa shape index (κ1) is 13.8. The predicted octanol–water partition coefficient (Wildman–Crippen LogP) is 3.38. The standard InChI is InChI=1S/C17H20O2/c1-13-15(9-8-14-6-4-3-5-7-14)17(2,12-18)11-10-16(13)19/h3-9,18H,10-12H2,1-2H3/b9-8+/t17-/m0/s1. The van der Waals surface area contributed by atoms with Crippen LogP contribution in [-0.2, 0) is 4.79 Å². The van der Waals surface area contributed by atoms with Crippen LogP contribution in [0.5, 0.6) is 0 Å². The van der Waals surface area contributed by atoms with Crippen LogP contribution in [0.2, 0.25) is 0 Å². The largest absolute Gasteiger partial charge is 0.395 e. The summed E-state index contributed by atoms with van der Waals surface area (Å²) in [6.07, 6.45) is 5.24. The van der Waals surface area contributed by atoms with Gasteiger partial charge in [0, 0.05) is 11.8 Å². The third-order valence-electron chi connectivity index (χ3n) is 3.97. The maximum atomic E-state index is 11.8. The molecule has 0 saturated carbocycles. The summed E-state index contributed by atoms with van der Waals surface area (Å²) in [4.78, 5) is 11.8. The number of aliphatic hydroxyl groups is 1. The van der Waals surface area contributed by atoms with Crippen molar-refractivity contribution in [3.05, 3.63) is 53.1 Å². The normalized spacial score (nSPS) is 24.3. The molecule has 0 aliphatic heterocycles. The number of benzene rings is 1. The molecule has 0 aromatic heterocycles. The van der Waals surface area contributed by atoms with E-state index in [-0.39, 0.29) is 17.8 Å². The lowest BCUT2D eigenvalue weighted by atomic mass is 9.71. The first-order chi connectivity index (χ1) is 9.07.